The van der Waals surface area contributed by atoms with Gasteiger partial charge in [0.1, 0.15) is 5.75 Å². The number of methoxy groups -OCH3 is 1. The van der Waals surface area contributed by atoms with Crippen molar-refractivity contribution in [3.05, 3.63) is 72.6 Å². The molecule has 1 heterocycles. The van der Waals surface area contributed by atoms with E-state index in [4.69, 9.17) is 4.74 Å². The van der Waals surface area contributed by atoms with Crippen LogP contribution in [0.5, 0.6) is 5.75 Å². The average Bonchev–Trinajstić information content (AvgIpc) is 2.76. The van der Waals surface area contributed by atoms with E-state index >= 15 is 0 Å². The van der Waals surface area contributed by atoms with Crippen LogP contribution in [0.4, 0.5) is 0 Å². The molecule has 0 radical (unpaired) electrons. The van der Waals surface area contributed by atoms with Crippen molar-refractivity contribution in [2.45, 2.75) is 37.5 Å². The van der Waals surface area contributed by atoms with Gasteiger partial charge in [0.15, 0.2) is 0 Å². The molecule has 0 aliphatic carbocycles. The van der Waals surface area contributed by atoms with Crippen LogP contribution < -0.4 is 10.1 Å². The van der Waals surface area contributed by atoms with Gasteiger partial charge in [0.2, 0.25) is 5.91 Å². The van der Waals surface area contributed by atoms with Gasteiger partial charge in [-0.1, -0.05) is 37.6 Å². The molecule has 1 aromatic carbocycles. The van der Waals surface area contributed by atoms with Crippen molar-refractivity contribution < 1.29 is 9.53 Å². The number of pyridine rings is 1. The Balaban J connectivity index is 1.79. The van der Waals surface area contributed by atoms with Crippen molar-refractivity contribution in [2.24, 2.45) is 0 Å². The fourth-order valence-electron chi connectivity index (χ4n) is 2.71. The van der Waals surface area contributed by atoms with E-state index in [0.717, 1.165) is 47.6 Å². The Labute approximate surface area is 178 Å². The minimum Gasteiger partial charge on any atom is -0.497 e. The largest absolute Gasteiger partial charge is 0.497 e. The van der Waals surface area contributed by atoms with E-state index in [0.29, 0.717) is 6.54 Å². The highest BCUT2D eigenvalue weighted by molar-refractivity contribution is 7.99. The summed E-state index contributed by atoms with van der Waals surface area (Å²) in [6, 6.07) is 12.0. The van der Waals surface area contributed by atoms with E-state index < -0.39 is 0 Å². The summed E-state index contributed by atoms with van der Waals surface area (Å²) in [7, 11) is 1.67. The Morgan fingerprint density at radius 2 is 2.03 bits per heavy atom. The Kier molecular flexibility index (Phi) is 10.7. The fraction of sp³-hybridized carbons (Fsp3) is 0.333. The van der Waals surface area contributed by atoms with E-state index in [1.54, 1.807) is 31.1 Å². The van der Waals surface area contributed by atoms with Gasteiger partial charge in [-0.15, -0.1) is 11.8 Å². The highest BCUT2D eigenvalue weighted by Gasteiger charge is 2.02. The molecule has 2 rings (SSSR count). The van der Waals surface area contributed by atoms with Crippen LogP contribution in [0.2, 0.25) is 0 Å². The fourth-order valence-corrected chi connectivity index (χ4v) is 3.55. The first kappa shape index (κ1) is 22.8. The highest BCUT2D eigenvalue weighted by atomic mass is 32.2. The molecule has 0 bridgehead atoms. The standard InChI is InChI=1S/C24H30N2O2S/c1-3-4-8-20(21-12-14-22(28-2)15-13-21)9-5-11-24(27)26-17-7-18-29-23-10-6-16-25-19-23/h5-6,9-16,19H,3-4,7-8,17-18H2,1-2H3,(H,26,27). The number of nitrogens with one attached hydrogen (secondary N) is 1. The third-order valence-corrected chi connectivity index (χ3v) is 5.40. The van der Waals surface area contributed by atoms with Crippen molar-refractivity contribution >= 4 is 23.2 Å². The second kappa shape index (κ2) is 13.6. The zero-order valence-corrected chi connectivity index (χ0v) is 18.1. The second-order valence-corrected chi connectivity index (χ2v) is 7.73. The van der Waals surface area contributed by atoms with Crippen LogP contribution in [-0.4, -0.2) is 30.3 Å². The van der Waals surface area contributed by atoms with Crippen molar-refractivity contribution in [1.82, 2.24) is 10.3 Å². The van der Waals surface area contributed by atoms with Crippen LogP contribution in [0.25, 0.3) is 5.57 Å². The number of ether oxygens (including phenoxy) is 1. The monoisotopic (exact) mass is 410 g/mol. The predicted molar refractivity (Wildman–Crippen MR) is 122 cm³/mol. The van der Waals surface area contributed by atoms with Crippen LogP contribution in [0, 0.1) is 0 Å². The molecule has 154 valence electrons. The highest BCUT2D eigenvalue weighted by Crippen LogP contribution is 2.23. The summed E-state index contributed by atoms with van der Waals surface area (Å²) in [6.45, 7) is 2.85. The van der Waals surface area contributed by atoms with Gasteiger partial charge in [-0.25, -0.2) is 0 Å². The van der Waals surface area contributed by atoms with E-state index in [-0.39, 0.29) is 5.91 Å². The van der Waals surface area contributed by atoms with Gasteiger partial charge in [0.25, 0.3) is 0 Å². The van der Waals surface area contributed by atoms with Crippen LogP contribution in [0.3, 0.4) is 0 Å². The zero-order valence-electron chi connectivity index (χ0n) is 17.3. The number of hydrogen-bond acceptors (Lipinski definition) is 4. The summed E-state index contributed by atoms with van der Waals surface area (Å²) < 4.78 is 5.23. The van der Waals surface area contributed by atoms with Crippen molar-refractivity contribution in [1.29, 1.82) is 0 Å². The summed E-state index contributed by atoms with van der Waals surface area (Å²) in [5.41, 5.74) is 2.39. The second-order valence-electron chi connectivity index (χ2n) is 6.56. The molecule has 1 aromatic heterocycles. The van der Waals surface area contributed by atoms with Gasteiger partial charge in [-0.3, -0.25) is 9.78 Å². The van der Waals surface area contributed by atoms with Gasteiger partial charge in [-0.05, 0) is 60.4 Å². The minimum absolute atomic E-state index is 0.0581. The van der Waals surface area contributed by atoms with Crippen LogP contribution >= 0.6 is 11.8 Å². The quantitative estimate of drug-likeness (QED) is 0.217. The lowest BCUT2D eigenvalue weighted by Gasteiger charge is -2.08. The number of carbonyl (C=O) groups is 1. The molecule has 0 aliphatic rings. The van der Waals surface area contributed by atoms with Crippen molar-refractivity contribution in [3.8, 4) is 5.75 Å². The van der Waals surface area contributed by atoms with E-state index in [1.165, 1.54) is 5.57 Å². The molecule has 29 heavy (non-hydrogen) atoms. The molecule has 1 amide bonds. The minimum atomic E-state index is -0.0581. The summed E-state index contributed by atoms with van der Waals surface area (Å²) in [5.74, 6) is 1.74. The smallest absolute Gasteiger partial charge is 0.243 e. The molecular weight excluding hydrogens is 380 g/mol. The predicted octanol–water partition coefficient (Wildman–Crippen LogP) is 5.52. The zero-order chi connectivity index (χ0) is 20.7. The van der Waals surface area contributed by atoms with Gasteiger partial charge in [-0.2, -0.15) is 0 Å². The summed E-state index contributed by atoms with van der Waals surface area (Å²) >= 11 is 1.75. The van der Waals surface area contributed by atoms with Gasteiger partial charge < -0.3 is 10.1 Å². The molecule has 4 nitrogen and oxygen atoms in total. The number of carbonyl (C=O) groups excluding carboxylic acids is 1. The number of aromatic nitrogens is 1. The third-order valence-electron chi connectivity index (χ3n) is 4.33. The average molecular weight is 411 g/mol. The Morgan fingerprint density at radius 3 is 2.72 bits per heavy atom. The molecule has 0 fully saturated rings. The summed E-state index contributed by atoms with van der Waals surface area (Å²) in [5, 5.41) is 2.94. The number of rotatable bonds is 12. The van der Waals surface area contributed by atoms with Crippen LogP contribution in [-0.2, 0) is 4.79 Å². The van der Waals surface area contributed by atoms with Crippen molar-refractivity contribution in [3.63, 3.8) is 0 Å². The van der Waals surface area contributed by atoms with Crippen molar-refractivity contribution in [2.75, 3.05) is 19.4 Å². The molecular formula is C24H30N2O2S. The molecule has 0 saturated carbocycles. The summed E-state index contributed by atoms with van der Waals surface area (Å²) in [6.07, 6.45) is 13.3. The maximum Gasteiger partial charge on any atom is 0.243 e. The first-order chi connectivity index (χ1) is 14.2. The molecule has 0 aliphatic heterocycles. The van der Waals surface area contributed by atoms with E-state index in [9.17, 15) is 4.79 Å². The van der Waals surface area contributed by atoms with Crippen LogP contribution in [0.15, 0.2) is 71.9 Å². The third kappa shape index (κ3) is 9.01. The number of nitrogens with zero attached hydrogens (tertiary/aromatic N) is 1. The molecule has 0 atom stereocenters. The SMILES string of the molecule is CCCCC(=CC=CC(=O)NCCCSc1cccnc1)c1ccc(OC)cc1. The number of unbranched alkanes of at least 4 members (excludes halogenated alkanes) is 1. The Morgan fingerprint density at radius 1 is 1.21 bits per heavy atom. The number of thioether (sulfide) groups is 1. The number of benzene rings is 1. The maximum atomic E-state index is 12.0. The number of amides is 1. The molecule has 0 saturated heterocycles. The molecule has 0 unspecified atom stereocenters. The summed E-state index contributed by atoms with van der Waals surface area (Å²) in [4.78, 5) is 17.3. The van der Waals surface area contributed by atoms with E-state index in [1.807, 2.05) is 42.6 Å². The first-order valence-electron chi connectivity index (χ1n) is 10.0. The molecule has 5 heteroatoms. The number of allylic oxidation sites excluding steroid dienone is 3. The lowest BCUT2D eigenvalue weighted by atomic mass is 9.99. The Bertz CT molecular complexity index is 786. The topological polar surface area (TPSA) is 51.2 Å². The van der Waals surface area contributed by atoms with E-state index in [2.05, 4.69) is 29.4 Å². The number of hydrogen-bond donors (Lipinski definition) is 1. The van der Waals surface area contributed by atoms with Gasteiger partial charge in [0.05, 0.1) is 7.11 Å². The molecule has 2 aromatic rings. The lowest BCUT2D eigenvalue weighted by Crippen LogP contribution is -2.22. The molecule has 1 N–H and O–H groups in total. The van der Waals surface area contributed by atoms with Gasteiger partial charge >= 0.3 is 0 Å². The van der Waals surface area contributed by atoms with Crippen LogP contribution in [0.1, 0.15) is 38.2 Å². The maximum absolute atomic E-state index is 12.0. The first-order valence-corrected chi connectivity index (χ1v) is 11.0. The Hall–Kier alpha value is -2.53. The van der Waals surface area contributed by atoms with Gasteiger partial charge in [0, 0.05) is 29.9 Å². The lowest BCUT2D eigenvalue weighted by molar-refractivity contribution is -0.116. The molecule has 0 spiro atoms. The normalized spacial score (nSPS) is 11.6.